The van der Waals surface area contributed by atoms with Crippen LogP contribution < -0.4 is 5.32 Å². The van der Waals surface area contributed by atoms with Crippen molar-refractivity contribution in [3.05, 3.63) is 23.7 Å². The molecule has 1 atom stereocenters. The van der Waals surface area contributed by atoms with Crippen LogP contribution in [0.5, 0.6) is 0 Å². The maximum atomic E-state index is 12.3. The Labute approximate surface area is 119 Å². The van der Waals surface area contributed by atoms with E-state index in [9.17, 15) is 4.79 Å². The average molecular weight is 280 g/mol. The van der Waals surface area contributed by atoms with E-state index in [1.54, 1.807) is 0 Å². The third kappa shape index (κ3) is 4.00. The lowest BCUT2D eigenvalue weighted by Crippen LogP contribution is -2.42. The van der Waals surface area contributed by atoms with Crippen LogP contribution >= 0.6 is 0 Å². The predicted molar refractivity (Wildman–Crippen MR) is 76.4 cm³/mol. The molecule has 1 aromatic rings. The van der Waals surface area contributed by atoms with Gasteiger partial charge in [0.25, 0.3) is 0 Å². The highest BCUT2D eigenvalue weighted by molar-refractivity contribution is 5.75. The van der Waals surface area contributed by atoms with E-state index in [0.717, 1.165) is 37.2 Å². The number of aryl methyl sites for hydroxylation is 1. The highest BCUT2D eigenvalue weighted by atomic mass is 16.3. The van der Waals surface area contributed by atoms with Crippen molar-refractivity contribution in [3.8, 4) is 0 Å². The Hall–Kier alpha value is -1.49. The van der Waals surface area contributed by atoms with E-state index in [0.29, 0.717) is 12.6 Å². The number of carbonyl (C=O) groups excluding carboxylic acids is 1. The summed E-state index contributed by atoms with van der Waals surface area (Å²) in [6, 6.07) is 4.01. The maximum absolute atomic E-state index is 12.3. The molecule has 1 aliphatic rings. The van der Waals surface area contributed by atoms with Crippen molar-refractivity contribution >= 4 is 6.03 Å². The summed E-state index contributed by atoms with van der Waals surface area (Å²) in [5.74, 6) is 1.63. The van der Waals surface area contributed by atoms with Gasteiger partial charge in [-0.05, 0) is 51.7 Å². The first kappa shape index (κ1) is 14.9. The van der Waals surface area contributed by atoms with Crippen LogP contribution in [0.15, 0.2) is 16.5 Å². The van der Waals surface area contributed by atoms with Gasteiger partial charge in [0.15, 0.2) is 0 Å². The van der Waals surface area contributed by atoms with E-state index in [2.05, 4.69) is 5.32 Å². The number of rotatable bonds is 7. The molecule has 1 saturated carbocycles. The SMILES string of the molecule is Cc1ccc(C(C)NC(=O)N(CCCCO)C2CC2)o1. The Bertz CT molecular complexity index is 440. The van der Waals surface area contributed by atoms with Gasteiger partial charge in [-0.25, -0.2) is 4.79 Å². The summed E-state index contributed by atoms with van der Waals surface area (Å²) < 4.78 is 5.53. The van der Waals surface area contributed by atoms with Gasteiger partial charge < -0.3 is 19.7 Å². The van der Waals surface area contributed by atoms with Crippen molar-refractivity contribution in [2.24, 2.45) is 0 Å². The molecule has 112 valence electrons. The summed E-state index contributed by atoms with van der Waals surface area (Å²) in [5, 5.41) is 11.8. The standard InChI is InChI=1S/C15H24N2O3/c1-11-5-8-14(20-11)12(2)16-15(19)17(13-6-7-13)9-3-4-10-18/h5,8,12-13,18H,3-4,6-7,9-10H2,1-2H3,(H,16,19). The van der Waals surface area contributed by atoms with Crippen LogP contribution in [0.2, 0.25) is 0 Å². The third-order valence-corrected chi connectivity index (χ3v) is 3.58. The fourth-order valence-corrected chi connectivity index (χ4v) is 2.26. The van der Waals surface area contributed by atoms with Crippen LogP contribution in [0.1, 0.15) is 50.2 Å². The van der Waals surface area contributed by atoms with Crippen LogP contribution in [0, 0.1) is 6.92 Å². The number of carbonyl (C=O) groups is 1. The van der Waals surface area contributed by atoms with Gasteiger partial charge in [-0.2, -0.15) is 0 Å². The summed E-state index contributed by atoms with van der Waals surface area (Å²) in [6.07, 6.45) is 3.75. The summed E-state index contributed by atoms with van der Waals surface area (Å²) in [4.78, 5) is 14.2. The van der Waals surface area contributed by atoms with Gasteiger partial charge in [0.1, 0.15) is 11.5 Å². The topological polar surface area (TPSA) is 65.7 Å². The van der Waals surface area contributed by atoms with Crippen LogP contribution in [-0.4, -0.2) is 35.2 Å². The number of nitrogens with zero attached hydrogens (tertiary/aromatic N) is 1. The number of unbranched alkanes of at least 4 members (excludes halogenated alkanes) is 1. The highest BCUT2D eigenvalue weighted by Crippen LogP contribution is 2.27. The number of aliphatic hydroxyl groups excluding tert-OH is 1. The molecule has 0 bridgehead atoms. The molecule has 5 nitrogen and oxygen atoms in total. The van der Waals surface area contributed by atoms with E-state index in [4.69, 9.17) is 9.52 Å². The minimum Gasteiger partial charge on any atom is -0.464 e. The second-order valence-electron chi connectivity index (χ2n) is 5.47. The van der Waals surface area contributed by atoms with E-state index in [1.165, 1.54) is 0 Å². The Morgan fingerprint density at radius 1 is 1.50 bits per heavy atom. The maximum Gasteiger partial charge on any atom is 0.318 e. The molecule has 0 radical (unpaired) electrons. The van der Waals surface area contributed by atoms with Gasteiger partial charge in [-0.15, -0.1) is 0 Å². The molecule has 1 aliphatic carbocycles. The zero-order chi connectivity index (χ0) is 14.5. The molecular formula is C15H24N2O3. The Balaban J connectivity index is 1.87. The quantitative estimate of drug-likeness (QED) is 0.754. The van der Waals surface area contributed by atoms with Crippen LogP contribution in [0.3, 0.4) is 0 Å². The minimum atomic E-state index is -0.129. The van der Waals surface area contributed by atoms with Crippen molar-refractivity contribution in [1.82, 2.24) is 10.2 Å². The summed E-state index contributed by atoms with van der Waals surface area (Å²) in [7, 11) is 0. The number of hydrogen-bond donors (Lipinski definition) is 2. The monoisotopic (exact) mass is 280 g/mol. The number of hydrogen-bond acceptors (Lipinski definition) is 3. The predicted octanol–water partition coefficient (Wildman–Crippen LogP) is 2.60. The largest absolute Gasteiger partial charge is 0.464 e. The third-order valence-electron chi connectivity index (χ3n) is 3.58. The van der Waals surface area contributed by atoms with Gasteiger partial charge in [0, 0.05) is 19.2 Å². The van der Waals surface area contributed by atoms with Gasteiger partial charge in [0.2, 0.25) is 0 Å². The Morgan fingerprint density at radius 2 is 2.25 bits per heavy atom. The molecule has 0 saturated heterocycles. The number of urea groups is 1. The zero-order valence-corrected chi connectivity index (χ0v) is 12.3. The van der Waals surface area contributed by atoms with E-state index < -0.39 is 0 Å². The van der Waals surface area contributed by atoms with Crippen molar-refractivity contribution in [2.45, 2.75) is 51.6 Å². The molecule has 0 spiro atoms. The lowest BCUT2D eigenvalue weighted by atomic mass is 10.2. The second kappa shape index (κ2) is 6.79. The molecule has 2 amide bonds. The molecule has 2 rings (SSSR count). The highest BCUT2D eigenvalue weighted by Gasteiger charge is 2.32. The number of nitrogens with one attached hydrogen (secondary N) is 1. The fraction of sp³-hybridized carbons (Fsp3) is 0.667. The first-order chi connectivity index (χ1) is 9.61. The number of amides is 2. The Kier molecular flexibility index (Phi) is 5.06. The van der Waals surface area contributed by atoms with E-state index in [-0.39, 0.29) is 18.7 Å². The molecule has 20 heavy (non-hydrogen) atoms. The Morgan fingerprint density at radius 3 is 2.80 bits per heavy atom. The minimum absolute atomic E-state index is 0.0352. The second-order valence-corrected chi connectivity index (χ2v) is 5.47. The molecule has 0 aliphatic heterocycles. The summed E-state index contributed by atoms with van der Waals surface area (Å²) in [6.45, 7) is 4.71. The van der Waals surface area contributed by atoms with Gasteiger partial charge in [-0.1, -0.05) is 0 Å². The molecule has 1 aromatic heterocycles. The molecule has 1 fully saturated rings. The first-order valence-electron chi connectivity index (χ1n) is 7.36. The van der Waals surface area contributed by atoms with E-state index in [1.807, 2.05) is 30.9 Å². The molecule has 1 unspecified atom stereocenters. The number of aliphatic hydroxyl groups is 1. The zero-order valence-electron chi connectivity index (χ0n) is 12.3. The average Bonchev–Trinajstić information content (AvgIpc) is 3.15. The molecule has 0 aromatic carbocycles. The lowest BCUT2D eigenvalue weighted by molar-refractivity contribution is 0.186. The molecular weight excluding hydrogens is 256 g/mol. The van der Waals surface area contributed by atoms with Crippen LogP contribution in [0.25, 0.3) is 0 Å². The smallest absolute Gasteiger partial charge is 0.318 e. The van der Waals surface area contributed by atoms with Crippen molar-refractivity contribution in [2.75, 3.05) is 13.2 Å². The summed E-state index contributed by atoms with van der Waals surface area (Å²) >= 11 is 0. The van der Waals surface area contributed by atoms with Crippen molar-refractivity contribution in [1.29, 1.82) is 0 Å². The number of furan rings is 1. The fourth-order valence-electron chi connectivity index (χ4n) is 2.26. The molecule has 1 heterocycles. The summed E-state index contributed by atoms with van der Waals surface area (Å²) in [5.41, 5.74) is 0. The van der Waals surface area contributed by atoms with Crippen molar-refractivity contribution in [3.63, 3.8) is 0 Å². The van der Waals surface area contributed by atoms with Gasteiger partial charge in [-0.3, -0.25) is 0 Å². The lowest BCUT2D eigenvalue weighted by Gasteiger charge is -2.24. The van der Waals surface area contributed by atoms with Gasteiger partial charge >= 0.3 is 6.03 Å². The normalized spacial score (nSPS) is 15.9. The van der Waals surface area contributed by atoms with Crippen molar-refractivity contribution < 1.29 is 14.3 Å². The van der Waals surface area contributed by atoms with E-state index >= 15 is 0 Å². The van der Waals surface area contributed by atoms with Crippen LogP contribution in [0.4, 0.5) is 4.79 Å². The molecule has 5 heteroatoms. The van der Waals surface area contributed by atoms with Crippen LogP contribution in [-0.2, 0) is 0 Å². The van der Waals surface area contributed by atoms with Gasteiger partial charge in [0.05, 0.1) is 6.04 Å². The first-order valence-corrected chi connectivity index (χ1v) is 7.36. The molecule has 2 N–H and O–H groups in total.